The monoisotopic (exact) mass is 252 g/mol. The summed E-state index contributed by atoms with van der Waals surface area (Å²) in [4.78, 5) is 31.0. The lowest BCUT2D eigenvalue weighted by molar-refractivity contribution is -0.385. The van der Waals surface area contributed by atoms with Crippen LogP contribution in [-0.4, -0.2) is 40.6 Å². The van der Waals surface area contributed by atoms with Gasteiger partial charge in [0.2, 0.25) is 5.95 Å². The maximum Gasteiger partial charge on any atom is 0.328 e. The molecule has 2 heterocycles. The number of rotatable bonds is 3. The van der Waals surface area contributed by atoms with Gasteiger partial charge in [-0.15, -0.1) is 0 Å². The van der Waals surface area contributed by atoms with Gasteiger partial charge in [-0.2, -0.15) is 0 Å². The first-order valence-electron chi connectivity index (χ1n) is 5.44. The Morgan fingerprint density at radius 1 is 1.56 bits per heavy atom. The van der Waals surface area contributed by atoms with Crippen molar-refractivity contribution in [1.29, 1.82) is 0 Å². The lowest BCUT2D eigenvalue weighted by Crippen LogP contribution is -2.37. The summed E-state index contributed by atoms with van der Waals surface area (Å²) < 4.78 is 4.70. The molecule has 1 aromatic rings. The van der Waals surface area contributed by atoms with E-state index in [9.17, 15) is 14.9 Å². The predicted molar refractivity (Wildman–Crippen MR) is 61.1 cm³/mol. The number of carbonyl (C=O) groups excluding carboxylic acids is 1. The zero-order chi connectivity index (χ0) is 13.1. The summed E-state index contributed by atoms with van der Waals surface area (Å²) >= 11 is 0. The number of hydrogen-bond donors (Lipinski definition) is 0. The SMILES string of the molecule is COC(=O)C1CCCN1c1ncc([N+](=O)[O-])cn1. The summed E-state index contributed by atoms with van der Waals surface area (Å²) in [5, 5.41) is 10.5. The van der Waals surface area contributed by atoms with Gasteiger partial charge in [0.1, 0.15) is 18.4 Å². The van der Waals surface area contributed by atoms with Gasteiger partial charge in [0.25, 0.3) is 0 Å². The normalized spacial score (nSPS) is 18.7. The summed E-state index contributed by atoms with van der Waals surface area (Å²) in [6, 6.07) is -0.406. The van der Waals surface area contributed by atoms with E-state index in [-0.39, 0.29) is 11.7 Å². The highest BCUT2D eigenvalue weighted by atomic mass is 16.6. The smallest absolute Gasteiger partial charge is 0.328 e. The Balaban J connectivity index is 2.20. The van der Waals surface area contributed by atoms with Gasteiger partial charge in [-0.3, -0.25) is 10.1 Å². The average Bonchev–Trinajstić information content (AvgIpc) is 2.87. The Morgan fingerprint density at radius 2 is 2.22 bits per heavy atom. The average molecular weight is 252 g/mol. The largest absolute Gasteiger partial charge is 0.467 e. The molecule has 8 heteroatoms. The second-order valence-electron chi connectivity index (χ2n) is 3.87. The van der Waals surface area contributed by atoms with Crippen LogP contribution in [0, 0.1) is 10.1 Å². The van der Waals surface area contributed by atoms with Crippen molar-refractivity contribution in [3.63, 3.8) is 0 Å². The van der Waals surface area contributed by atoms with Crippen LogP contribution in [0.15, 0.2) is 12.4 Å². The standard InChI is InChI=1S/C10H12N4O4/c1-18-9(15)8-3-2-4-13(8)10-11-5-7(6-12-10)14(16)17/h5-6,8H,2-4H2,1H3. The fraction of sp³-hybridized carbons (Fsp3) is 0.500. The Hall–Kier alpha value is -2.25. The zero-order valence-electron chi connectivity index (χ0n) is 9.78. The molecule has 1 fully saturated rings. The Morgan fingerprint density at radius 3 is 2.78 bits per heavy atom. The molecular formula is C10H12N4O4. The van der Waals surface area contributed by atoms with E-state index in [4.69, 9.17) is 4.74 Å². The van der Waals surface area contributed by atoms with E-state index in [1.54, 1.807) is 4.90 Å². The van der Waals surface area contributed by atoms with E-state index in [0.717, 1.165) is 18.8 Å². The number of methoxy groups -OCH3 is 1. The second kappa shape index (κ2) is 4.94. The first kappa shape index (κ1) is 12.2. The van der Waals surface area contributed by atoms with E-state index in [0.29, 0.717) is 18.9 Å². The van der Waals surface area contributed by atoms with Crippen molar-refractivity contribution in [1.82, 2.24) is 9.97 Å². The summed E-state index contributed by atoms with van der Waals surface area (Å²) in [5.74, 6) is -0.0250. The summed E-state index contributed by atoms with van der Waals surface area (Å²) in [7, 11) is 1.33. The molecule has 1 aliphatic rings. The molecule has 0 radical (unpaired) electrons. The van der Waals surface area contributed by atoms with E-state index in [2.05, 4.69) is 9.97 Å². The van der Waals surface area contributed by atoms with Gasteiger partial charge in [0.15, 0.2) is 0 Å². The number of carbonyl (C=O) groups is 1. The fourth-order valence-corrected chi connectivity index (χ4v) is 1.94. The highest BCUT2D eigenvalue weighted by Gasteiger charge is 2.33. The van der Waals surface area contributed by atoms with E-state index < -0.39 is 11.0 Å². The number of ether oxygens (including phenoxy) is 1. The molecule has 0 aliphatic carbocycles. The molecule has 96 valence electrons. The summed E-state index contributed by atoms with van der Waals surface area (Å²) in [6.45, 7) is 0.636. The Labute approximate surface area is 103 Å². The van der Waals surface area contributed by atoms with Crippen LogP contribution >= 0.6 is 0 Å². The van der Waals surface area contributed by atoms with E-state index in [1.807, 2.05) is 0 Å². The Kier molecular flexibility index (Phi) is 3.35. The maximum atomic E-state index is 11.5. The van der Waals surface area contributed by atoms with Crippen molar-refractivity contribution < 1.29 is 14.5 Å². The van der Waals surface area contributed by atoms with Crippen molar-refractivity contribution in [2.45, 2.75) is 18.9 Å². The molecule has 8 nitrogen and oxygen atoms in total. The first-order chi connectivity index (χ1) is 8.63. The van der Waals surface area contributed by atoms with Gasteiger partial charge < -0.3 is 9.64 Å². The Bertz CT molecular complexity index is 461. The molecule has 1 unspecified atom stereocenters. The highest BCUT2D eigenvalue weighted by molar-refractivity contribution is 5.79. The van der Waals surface area contributed by atoms with E-state index >= 15 is 0 Å². The molecule has 0 saturated carbocycles. The van der Waals surface area contributed by atoms with Gasteiger partial charge in [0.05, 0.1) is 12.0 Å². The van der Waals surface area contributed by atoms with Gasteiger partial charge in [-0.05, 0) is 12.8 Å². The minimum absolute atomic E-state index is 0.174. The third kappa shape index (κ3) is 2.22. The topological polar surface area (TPSA) is 98.5 Å². The van der Waals surface area contributed by atoms with E-state index in [1.165, 1.54) is 7.11 Å². The van der Waals surface area contributed by atoms with Crippen molar-refractivity contribution in [3.8, 4) is 0 Å². The molecular weight excluding hydrogens is 240 g/mol. The number of esters is 1. The van der Waals surface area contributed by atoms with Crippen molar-refractivity contribution in [2.24, 2.45) is 0 Å². The van der Waals surface area contributed by atoms with Crippen molar-refractivity contribution >= 4 is 17.6 Å². The number of nitro groups is 1. The second-order valence-corrected chi connectivity index (χ2v) is 3.87. The van der Waals surface area contributed by atoms with Crippen LogP contribution in [0.1, 0.15) is 12.8 Å². The minimum Gasteiger partial charge on any atom is -0.467 e. The highest BCUT2D eigenvalue weighted by Crippen LogP contribution is 2.23. The van der Waals surface area contributed by atoms with Gasteiger partial charge in [0, 0.05) is 6.54 Å². The van der Waals surface area contributed by atoms with Gasteiger partial charge in [-0.1, -0.05) is 0 Å². The van der Waals surface area contributed by atoms with Crippen LogP contribution in [0.5, 0.6) is 0 Å². The minimum atomic E-state index is -0.564. The number of nitrogens with zero attached hydrogens (tertiary/aromatic N) is 4. The molecule has 18 heavy (non-hydrogen) atoms. The van der Waals surface area contributed by atoms with Crippen LogP contribution in [-0.2, 0) is 9.53 Å². The molecule has 0 N–H and O–H groups in total. The van der Waals surface area contributed by atoms with Crippen molar-refractivity contribution in [2.75, 3.05) is 18.6 Å². The fourth-order valence-electron chi connectivity index (χ4n) is 1.94. The number of anilines is 1. The number of aromatic nitrogens is 2. The molecule has 1 aromatic heterocycles. The lowest BCUT2D eigenvalue weighted by Gasteiger charge is -2.21. The van der Waals surface area contributed by atoms with Crippen molar-refractivity contribution in [3.05, 3.63) is 22.5 Å². The third-order valence-corrected chi connectivity index (χ3v) is 2.82. The molecule has 1 aliphatic heterocycles. The number of hydrogen-bond acceptors (Lipinski definition) is 7. The third-order valence-electron chi connectivity index (χ3n) is 2.82. The zero-order valence-corrected chi connectivity index (χ0v) is 9.78. The molecule has 0 spiro atoms. The van der Waals surface area contributed by atoms with Crippen LogP contribution in [0.25, 0.3) is 0 Å². The van der Waals surface area contributed by atoms with Crippen LogP contribution in [0.4, 0.5) is 11.6 Å². The van der Waals surface area contributed by atoms with Gasteiger partial charge >= 0.3 is 11.7 Å². The lowest BCUT2D eigenvalue weighted by atomic mass is 10.2. The van der Waals surface area contributed by atoms with Gasteiger partial charge in [-0.25, -0.2) is 14.8 Å². The molecule has 2 rings (SSSR count). The molecule has 1 saturated heterocycles. The maximum absolute atomic E-state index is 11.5. The van der Waals surface area contributed by atoms with Crippen LogP contribution < -0.4 is 4.90 Å². The molecule has 1 atom stereocenters. The molecule has 0 bridgehead atoms. The van der Waals surface area contributed by atoms with Crippen LogP contribution in [0.2, 0.25) is 0 Å². The summed E-state index contributed by atoms with van der Waals surface area (Å²) in [6.07, 6.45) is 3.77. The first-order valence-corrected chi connectivity index (χ1v) is 5.44. The molecule has 0 amide bonds. The quantitative estimate of drug-likeness (QED) is 0.439. The summed E-state index contributed by atoms with van der Waals surface area (Å²) in [5.41, 5.74) is -0.174. The predicted octanol–water partition coefficient (Wildman–Crippen LogP) is 0.527. The molecule has 0 aromatic carbocycles. The van der Waals surface area contributed by atoms with Crippen LogP contribution in [0.3, 0.4) is 0 Å².